The predicted octanol–water partition coefficient (Wildman–Crippen LogP) is 3.42. The first kappa shape index (κ1) is 15.0. The second-order valence-corrected chi connectivity index (χ2v) is 6.21. The summed E-state index contributed by atoms with van der Waals surface area (Å²) in [5.74, 6) is 0.571. The van der Waals surface area contributed by atoms with E-state index in [-0.39, 0.29) is 5.60 Å². The van der Waals surface area contributed by atoms with E-state index in [1.165, 1.54) is 19.3 Å². The summed E-state index contributed by atoms with van der Waals surface area (Å²) in [7, 11) is 0. The molecular weight excluding hydrogens is 240 g/mol. The minimum absolute atomic E-state index is 0.0519. The molecule has 0 saturated carbocycles. The fourth-order valence-corrected chi connectivity index (χ4v) is 2.79. The van der Waals surface area contributed by atoms with Crippen molar-refractivity contribution in [3.05, 3.63) is 11.6 Å². The largest absolute Gasteiger partial charge is 0.366 e. The molecule has 0 aromatic carbocycles. The summed E-state index contributed by atoms with van der Waals surface area (Å²) < 4.78 is 11.3. The zero-order valence-electron chi connectivity index (χ0n) is 12.5. The average molecular weight is 268 g/mol. The van der Waals surface area contributed by atoms with E-state index in [1.807, 2.05) is 0 Å². The summed E-state index contributed by atoms with van der Waals surface area (Å²) in [4.78, 5) is 0. The molecule has 1 N–H and O–H groups in total. The summed E-state index contributed by atoms with van der Waals surface area (Å²) in [6.07, 6.45) is 8.18. The van der Waals surface area contributed by atoms with Gasteiger partial charge in [0, 0.05) is 6.42 Å². The molecule has 4 unspecified atom stereocenters. The number of aliphatic hydroxyl groups is 1. The fourth-order valence-electron chi connectivity index (χ4n) is 2.79. The summed E-state index contributed by atoms with van der Waals surface area (Å²) in [5, 5.41) is 10.1. The van der Waals surface area contributed by atoms with Gasteiger partial charge in [0.2, 0.25) is 0 Å². The molecule has 3 nitrogen and oxygen atoms in total. The number of rotatable bonds is 8. The highest BCUT2D eigenvalue weighted by Gasteiger charge is 2.53. The molecule has 1 aliphatic heterocycles. The number of hydrogen-bond acceptors (Lipinski definition) is 3. The Morgan fingerprint density at radius 1 is 1.53 bits per heavy atom. The Balaban J connectivity index is 1.73. The molecule has 0 aromatic rings. The molecule has 110 valence electrons. The van der Waals surface area contributed by atoms with Gasteiger partial charge in [0.15, 0.2) is 6.29 Å². The maximum atomic E-state index is 10.1. The van der Waals surface area contributed by atoms with E-state index in [1.54, 1.807) is 0 Å². The summed E-state index contributed by atoms with van der Waals surface area (Å²) in [6.45, 7) is 7.20. The van der Waals surface area contributed by atoms with Crippen LogP contribution >= 0.6 is 0 Å². The van der Waals surface area contributed by atoms with Gasteiger partial charge < -0.3 is 14.6 Å². The Kier molecular flexibility index (Phi) is 5.04. The Labute approximate surface area is 117 Å². The smallest absolute Gasteiger partial charge is 0.177 e. The maximum Gasteiger partial charge on any atom is 0.177 e. The van der Waals surface area contributed by atoms with Gasteiger partial charge in [0.05, 0.1) is 18.3 Å². The molecule has 3 heteroatoms. The minimum Gasteiger partial charge on any atom is -0.366 e. The molecule has 1 fully saturated rings. The molecule has 2 rings (SSSR count). The van der Waals surface area contributed by atoms with Gasteiger partial charge in [-0.3, -0.25) is 0 Å². The van der Waals surface area contributed by atoms with Crippen molar-refractivity contribution in [3.63, 3.8) is 0 Å². The van der Waals surface area contributed by atoms with Crippen LogP contribution < -0.4 is 0 Å². The number of epoxide rings is 1. The van der Waals surface area contributed by atoms with Crippen LogP contribution in [0.3, 0.4) is 0 Å². The number of unbranched alkanes of at least 4 members (excludes halogenated alkanes) is 1. The Morgan fingerprint density at radius 3 is 2.95 bits per heavy atom. The van der Waals surface area contributed by atoms with Gasteiger partial charge >= 0.3 is 0 Å². The lowest BCUT2D eigenvalue weighted by Gasteiger charge is -2.22. The molecule has 0 amide bonds. The van der Waals surface area contributed by atoms with E-state index >= 15 is 0 Å². The van der Waals surface area contributed by atoms with Crippen LogP contribution in [-0.4, -0.2) is 29.7 Å². The first-order valence-corrected chi connectivity index (χ1v) is 7.75. The van der Waals surface area contributed by atoms with Crippen molar-refractivity contribution in [3.8, 4) is 0 Å². The first-order chi connectivity index (χ1) is 9.09. The van der Waals surface area contributed by atoms with Gasteiger partial charge in [0.25, 0.3) is 0 Å². The quantitative estimate of drug-likeness (QED) is 0.417. The number of hydrogen-bond donors (Lipinski definition) is 1. The first-order valence-electron chi connectivity index (χ1n) is 7.75. The highest BCUT2D eigenvalue weighted by atomic mass is 16.6. The van der Waals surface area contributed by atoms with Crippen LogP contribution in [0.4, 0.5) is 0 Å². The van der Waals surface area contributed by atoms with Crippen molar-refractivity contribution < 1.29 is 14.6 Å². The number of ether oxygens (including phenoxy) is 2. The summed E-state index contributed by atoms with van der Waals surface area (Å²) in [6, 6.07) is 0. The summed E-state index contributed by atoms with van der Waals surface area (Å²) in [5.41, 5.74) is 1.06. The topological polar surface area (TPSA) is 42.0 Å². The van der Waals surface area contributed by atoms with E-state index in [0.717, 1.165) is 24.8 Å². The molecule has 4 atom stereocenters. The van der Waals surface area contributed by atoms with E-state index in [4.69, 9.17) is 9.47 Å². The standard InChI is InChI=1S/C16H28O3/c1-4-6-7-12(5-2)11-18-15(17)13-8-9-16(3)14(10-13)19-16/h8,12,14-15,17H,4-7,9-11H2,1-3H3. The molecule has 1 saturated heterocycles. The SMILES string of the molecule is CCCCC(CC)COC(O)C1=CCC2(C)OC2C1. The van der Waals surface area contributed by atoms with Crippen LogP contribution in [0.2, 0.25) is 0 Å². The zero-order valence-corrected chi connectivity index (χ0v) is 12.5. The van der Waals surface area contributed by atoms with E-state index in [0.29, 0.717) is 18.6 Å². The number of fused-ring (bicyclic) bond motifs is 1. The molecule has 2 aliphatic rings. The number of aliphatic hydroxyl groups excluding tert-OH is 1. The van der Waals surface area contributed by atoms with Gasteiger partial charge in [-0.15, -0.1) is 0 Å². The molecule has 19 heavy (non-hydrogen) atoms. The van der Waals surface area contributed by atoms with Crippen LogP contribution in [0.25, 0.3) is 0 Å². The van der Waals surface area contributed by atoms with Crippen molar-refractivity contribution in [2.45, 2.75) is 77.3 Å². The lowest BCUT2D eigenvalue weighted by Crippen LogP contribution is -2.24. The molecule has 0 radical (unpaired) electrons. The van der Waals surface area contributed by atoms with Crippen molar-refractivity contribution in [1.29, 1.82) is 0 Å². The molecule has 0 aromatic heterocycles. The zero-order chi connectivity index (χ0) is 13.9. The van der Waals surface area contributed by atoms with Crippen LogP contribution in [0.1, 0.15) is 59.3 Å². The minimum atomic E-state index is -0.732. The summed E-state index contributed by atoms with van der Waals surface area (Å²) >= 11 is 0. The highest BCUT2D eigenvalue weighted by Crippen LogP contribution is 2.47. The fraction of sp³-hybridized carbons (Fsp3) is 0.875. The van der Waals surface area contributed by atoms with Gasteiger partial charge in [-0.1, -0.05) is 39.2 Å². The third kappa shape index (κ3) is 3.80. The molecular formula is C16H28O3. The van der Waals surface area contributed by atoms with Gasteiger partial charge in [-0.05, 0) is 31.3 Å². The average Bonchev–Trinajstić information content (AvgIpc) is 3.09. The van der Waals surface area contributed by atoms with E-state index < -0.39 is 6.29 Å². The molecule has 0 bridgehead atoms. The Hall–Kier alpha value is -0.380. The molecule has 1 aliphatic carbocycles. The van der Waals surface area contributed by atoms with Gasteiger partial charge in [-0.25, -0.2) is 0 Å². The van der Waals surface area contributed by atoms with Gasteiger partial charge in [0.1, 0.15) is 0 Å². The van der Waals surface area contributed by atoms with Crippen LogP contribution in [0.5, 0.6) is 0 Å². The third-order valence-corrected chi connectivity index (χ3v) is 4.58. The van der Waals surface area contributed by atoms with Crippen molar-refractivity contribution in [2.24, 2.45) is 5.92 Å². The lowest BCUT2D eigenvalue weighted by atomic mass is 9.91. The van der Waals surface area contributed by atoms with Crippen LogP contribution in [-0.2, 0) is 9.47 Å². The maximum absolute atomic E-state index is 10.1. The molecule has 0 spiro atoms. The second-order valence-electron chi connectivity index (χ2n) is 6.21. The van der Waals surface area contributed by atoms with Gasteiger partial charge in [-0.2, -0.15) is 0 Å². The monoisotopic (exact) mass is 268 g/mol. The Bertz CT molecular complexity index is 326. The third-order valence-electron chi connectivity index (χ3n) is 4.58. The Morgan fingerprint density at radius 2 is 2.32 bits per heavy atom. The highest BCUT2D eigenvalue weighted by molar-refractivity contribution is 5.21. The predicted molar refractivity (Wildman–Crippen MR) is 75.9 cm³/mol. The van der Waals surface area contributed by atoms with Crippen molar-refractivity contribution in [1.82, 2.24) is 0 Å². The van der Waals surface area contributed by atoms with Crippen LogP contribution in [0.15, 0.2) is 11.6 Å². The van der Waals surface area contributed by atoms with E-state index in [9.17, 15) is 5.11 Å². The lowest BCUT2D eigenvalue weighted by molar-refractivity contribution is -0.0875. The molecule has 1 heterocycles. The second kappa shape index (κ2) is 6.38. The van der Waals surface area contributed by atoms with Crippen LogP contribution in [0, 0.1) is 5.92 Å². The van der Waals surface area contributed by atoms with Crippen molar-refractivity contribution in [2.75, 3.05) is 6.61 Å². The van der Waals surface area contributed by atoms with Crippen molar-refractivity contribution >= 4 is 0 Å². The normalized spacial score (nSPS) is 32.4. The van der Waals surface area contributed by atoms with E-state index in [2.05, 4.69) is 26.8 Å².